The molecule has 136 valence electrons. The lowest BCUT2D eigenvalue weighted by atomic mass is 10.2. The molecule has 1 aliphatic rings. The lowest BCUT2D eigenvalue weighted by molar-refractivity contribution is -0.384. The Bertz CT molecular complexity index is 818. The molecule has 1 fully saturated rings. The van der Waals surface area contributed by atoms with Gasteiger partial charge in [0.2, 0.25) is 17.7 Å². The van der Waals surface area contributed by atoms with Crippen LogP contribution in [0, 0.1) is 16.0 Å². The maximum atomic E-state index is 11.7. The number of rotatable bonds is 7. The van der Waals surface area contributed by atoms with Crippen LogP contribution in [0.4, 0.5) is 28.8 Å². The van der Waals surface area contributed by atoms with Gasteiger partial charge >= 0.3 is 5.69 Å². The Balaban J connectivity index is 1.71. The van der Waals surface area contributed by atoms with Gasteiger partial charge in [0.25, 0.3) is 0 Å². The number of carbonyl (C=O) groups is 1. The molecule has 0 radical (unpaired) electrons. The average molecular weight is 356 g/mol. The predicted octanol–water partition coefficient (Wildman–Crippen LogP) is 3.30. The minimum Gasteiger partial charge on any atom is -0.361 e. The third-order valence-corrected chi connectivity index (χ3v) is 3.82. The number of nitro groups is 1. The summed E-state index contributed by atoms with van der Waals surface area (Å²) in [6.07, 6.45) is 3.15. The number of nitrogens with one attached hydrogen (secondary N) is 3. The van der Waals surface area contributed by atoms with Crippen molar-refractivity contribution >= 4 is 34.7 Å². The van der Waals surface area contributed by atoms with E-state index in [0.717, 1.165) is 12.8 Å². The van der Waals surface area contributed by atoms with Crippen LogP contribution in [0.25, 0.3) is 0 Å². The molecule has 1 heterocycles. The van der Waals surface area contributed by atoms with Crippen molar-refractivity contribution in [1.29, 1.82) is 0 Å². The van der Waals surface area contributed by atoms with Crippen LogP contribution in [0.2, 0.25) is 0 Å². The third kappa shape index (κ3) is 4.44. The van der Waals surface area contributed by atoms with Crippen molar-refractivity contribution in [3.63, 3.8) is 0 Å². The summed E-state index contributed by atoms with van der Waals surface area (Å²) in [5.74, 6) is 0.326. The van der Waals surface area contributed by atoms with E-state index in [1.165, 1.54) is 6.20 Å². The third-order valence-electron chi connectivity index (χ3n) is 3.82. The summed E-state index contributed by atoms with van der Waals surface area (Å²) >= 11 is 0. The number of hydrogen-bond acceptors (Lipinski definition) is 7. The Kier molecular flexibility index (Phi) is 4.97. The van der Waals surface area contributed by atoms with Crippen molar-refractivity contribution in [3.05, 3.63) is 40.6 Å². The highest BCUT2D eigenvalue weighted by Crippen LogP contribution is 2.30. The number of hydrogen-bond donors (Lipinski definition) is 3. The van der Waals surface area contributed by atoms with Gasteiger partial charge in [0.15, 0.2) is 0 Å². The normalized spacial score (nSPS) is 13.3. The fourth-order valence-corrected chi connectivity index (χ4v) is 2.15. The minimum absolute atomic E-state index is 0.0554. The number of amides is 1. The van der Waals surface area contributed by atoms with Crippen LogP contribution >= 0.6 is 0 Å². The van der Waals surface area contributed by atoms with Crippen molar-refractivity contribution in [1.82, 2.24) is 9.97 Å². The molecule has 0 unspecified atom stereocenters. The van der Waals surface area contributed by atoms with Crippen molar-refractivity contribution in [2.24, 2.45) is 5.92 Å². The van der Waals surface area contributed by atoms with Gasteiger partial charge in [-0.3, -0.25) is 14.9 Å². The van der Waals surface area contributed by atoms with Gasteiger partial charge in [0.1, 0.15) is 6.20 Å². The summed E-state index contributed by atoms with van der Waals surface area (Å²) in [6, 6.07) is 7.30. The highest BCUT2D eigenvalue weighted by molar-refractivity contribution is 5.92. The minimum atomic E-state index is -0.499. The molecule has 3 rings (SSSR count). The van der Waals surface area contributed by atoms with Crippen molar-refractivity contribution in [2.75, 3.05) is 16.0 Å². The van der Waals surface area contributed by atoms with Gasteiger partial charge in [-0.2, -0.15) is 4.98 Å². The van der Waals surface area contributed by atoms with Crippen molar-refractivity contribution in [3.8, 4) is 0 Å². The van der Waals surface area contributed by atoms with E-state index in [0.29, 0.717) is 11.4 Å². The summed E-state index contributed by atoms with van der Waals surface area (Å²) in [5.41, 5.74) is 1.25. The van der Waals surface area contributed by atoms with Gasteiger partial charge in [-0.05, 0) is 37.1 Å². The number of carbonyl (C=O) groups excluding carboxylic acids is 1. The second-order valence-electron chi connectivity index (χ2n) is 6.45. The smallest absolute Gasteiger partial charge is 0.329 e. The largest absolute Gasteiger partial charge is 0.361 e. The molecule has 9 heteroatoms. The van der Waals surface area contributed by atoms with Crippen LogP contribution in [-0.2, 0) is 4.79 Å². The molecule has 3 N–H and O–H groups in total. The Morgan fingerprint density at radius 1 is 1.23 bits per heavy atom. The van der Waals surface area contributed by atoms with Gasteiger partial charge in [-0.1, -0.05) is 13.8 Å². The first kappa shape index (κ1) is 17.6. The molecular weight excluding hydrogens is 336 g/mol. The molecule has 1 aromatic heterocycles. The van der Waals surface area contributed by atoms with Crippen LogP contribution in [0.3, 0.4) is 0 Å². The summed E-state index contributed by atoms with van der Waals surface area (Å²) < 4.78 is 0. The van der Waals surface area contributed by atoms with E-state index < -0.39 is 4.92 Å². The lowest BCUT2D eigenvalue weighted by Gasteiger charge is -2.10. The van der Waals surface area contributed by atoms with Gasteiger partial charge < -0.3 is 16.0 Å². The van der Waals surface area contributed by atoms with Gasteiger partial charge in [-0.25, -0.2) is 4.98 Å². The second kappa shape index (κ2) is 7.34. The number of nitrogens with zero attached hydrogens (tertiary/aromatic N) is 3. The second-order valence-corrected chi connectivity index (χ2v) is 6.45. The van der Waals surface area contributed by atoms with Gasteiger partial charge in [0.05, 0.1) is 4.92 Å². The van der Waals surface area contributed by atoms with E-state index in [9.17, 15) is 14.9 Å². The fourth-order valence-electron chi connectivity index (χ4n) is 2.15. The van der Waals surface area contributed by atoms with E-state index in [1.807, 2.05) is 13.8 Å². The van der Waals surface area contributed by atoms with E-state index in [4.69, 9.17) is 0 Å². The first-order valence-electron chi connectivity index (χ1n) is 8.38. The van der Waals surface area contributed by atoms with Gasteiger partial charge in [0, 0.05) is 23.3 Å². The molecule has 1 saturated carbocycles. The van der Waals surface area contributed by atoms with E-state index >= 15 is 0 Å². The lowest BCUT2D eigenvalue weighted by Crippen LogP contribution is -2.17. The summed E-state index contributed by atoms with van der Waals surface area (Å²) in [4.78, 5) is 30.5. The average Bonchev–Trinajstić information content (AvgIpc) is 3.40. The standard InChI is InChI=1S/C17H20N6O3/c1-10(2)16(24)20-12-5-7-13(8-6-12)21-17-18-9-14(23(25)26)15(22-17)19-11-3-4-11/h5-11H,3-4H2,1-2H3,(H,20,24)(H2,18,19,21,22). The van der Waals surface area contributed by atoms with Crippen molar-refractivity contribution < 1.29 is 9.72 Å². The maximum Gasteiger partial charge on any atom is 0.329 e. The SMILES string of the molecule is CC(C)C(=O)Nc1ccc(Nc2ncc([N+](=O)[O-])c(NC3CC3)n2)cc1. The monoisotopic (exact) mass is 356 g/mol. The summed E-state index contributed by atoms with van der Waals surface area (Å²) in [6.45, 7) is 3.65. The quantitative estimate of drug-likeness (QED) is 0.514. The predicted molar refractivity (Wildman–Crippen MR) is 98.5 cm³/mol. The maximum absolute atomic E-state index is 11.7. The van der Waals surface area contributed by atoms with Gasteiger partial charge in [-0.15, -0.1) is 0 Å². The molecule has 1 amide bonds. The van der Waals surface area contributed by atoms with E-state index in [-0.39, 0.29) is 35.3 Å². The Labute approximate surface area is 150 Å². The zero-order valence-electron chi connectivity index (χ0n) is 14.5. The molecule has 2 aromatic rings. The zero-order chi connectivity index (χ0) is 18.7. The highest BCUT2D eigenvalue weighted by Gasteiger charge is 2.26. The van der Waals surface area contributed by atoms with Crippen LogP contribution in [-0.4, -0.2) is 26.8 Å². The topological polar surface area (TPSA) is 122 Å². The Morgan fingerprint density at radius 3 is 2.46 bits per heavy atom. The number of anilines is 4. The Morgan fingerprint density at radius 2 is 1.88 bits per heavy atom. The van der Waals surface area contributed by atoms with Crippen molar-refractivity contribution in [2.45, 2.75) is 32.7 Å². The molecule has 0 bridgehead atoms. The molecule has 1 aromatic carbocycles. The summed E-state index contributed by atoms with van der Waals surface area (Å²) in [7, 11) is 0. The number of aromatic nitrogens is 2. The molecule has 0 atom stereocenters. The fraction of sp³-hybridized carbons (Fsp3) is 0.353. The number of benzene rings is 1. The van der Waals surface area contributed by atoms with Crippen LogP contribution in [0.5, 0.6) is 0 Å². The zero-order valence-corrected chi connectivity index (χ0v) is 14.5. The van der Waals surface area contributed by atoms with Crippen LogP contribution in [0.1, 0.15) is 26.7 Å². The molecule has 9 nitrogen and oxygen atoms in total. The molecule has 0 saturated heterocycles. The van der Waals surface area contributed by atoms with Crippen LogP contribution in [0.15, 0.2) is 30.5 Å². The summed E-state index contributed by atoms with van der Waals surface area (Å²) in [5, 5.41) is 20.0. The van der Waals surface area contributed by atoms with Crippen LogP contribution < -0.4 is 16.0 Å². The molecule has 1 aliphatic carbocycles. The van der Waals surface area contributed by atoms with E-state index in [1.54, 1.807) is 24.3 Å². The molecule has 26 heavy (non-hydrogen) atoms. The first-order chi connectivity index (χ1) is 12.4. The Hall–Kier alpha value is -3.23. The molecular formula is C17H20N6O3. The first-order valence-corrected chi connectivity index (χ1v) is 8.38. The molecule has 0 aliphatic heterocycles. The van der Waals surface area contributed by atoms with E-state index in [2.05, 4.69) is 25.9 Å². The highest BCUT2D eigenvalue weighted by atomic mass is 16.6. The molecule has 0 spiro atoms.